The standard InChI is InChI=1S/C20H25N3O2S/c1-13-3-4-14(2)16(11-13)17(24)5-6-19(25)23-20-22-12-18(26-20)15-7-9-21-10-8-15/h3-4,11-12,15,21H,5-10H2,1-2H3,(H,22,23,25). The van der Waals surface area contributed by atoms with Gasteiger partial charge in [0.2, 0.25) is 5.91 Å². The highest BCUT2D eigenvalue weighted by Gasteiger charge is 2.18. The van der Waals surface area contributed by atoms with Gasteiger partial charge < -0.3 is 10.6 Å². The Bertz CT molecular complexity index is 794. The van der Waals surface area contributed by atoms with Gasteiger partial charge in [-0.05, 0) is 57.3 Å². The van der Waals surface area contributed by atoms with E-state index >= 15 is 0 Å². The van der Waals surface area contributed by atoms with Crippen LogP contribution in [0.3, 0.4) is 0 Å². The van der Waals surface area contributed by atoms with Gasteiger partial charge in [0.05, 0.1) is 0 Å². The van der Waals surface area contributed by atoms with Crippen molar-refractivity contribution in [3.8, 4) is 0 Å². The predicted molar refractivity (Wildman–Crippen MR) is 105 cm³/mol. The fourth-order valence-electron chi connectivity index (χ4n) is 3.22. The minimum absolute atomic E-state index is 0.0101. The number of anilines is 1. The molecule has 2 aromatic rings. The van der Waals surface area contributed by atoms with Gasteiger partial charge in [-0.1, -0.05) is 17.7 Å². The molecular formula is C20H25N3O2S. The SMILES string of the molecule is Cc1ccc(C)c(C(=O)CCC(=O)Nc2ncc(C3CCNCC3)s2)c1. The van der Waals surface area contributed by atoms with Gasteiger partial charge in [-0.2, -0.15) is 0 Å². The fourth-order valence-corrected chi connectivity index (χ4v) is 4.22. The molecule has 1 aliphatic heterocycles. The van der Waals surface area contributed by atoms with Crippen LogP contribution < -0.4 is 10.6 Å². The first kappa shape index (κ1) is 18.7. The van der Waals surface area contributed by atoms with Crippen molar-refractivity contribution in [2.24, 2.45) is 0 Å². The third-order valence-electron chi connectivity index (χ3n) is 4.78. The van der Waals surface area contributed by atoms with E-state index < -0.39 is 0 Å². The molecule has 2 N–H and O–H groups in total. The van der Waals surface area contributed by atoms with Gasteiger partial charge in [-0.3, -0.25) is 9.59 Å². The Balaban J connectivity index is 1.52. The molecule has 1 saturated heterocycles. The van der Waals surface area contributed by atoms with Crippen LogP contribution >= 0.6 is 11.3 Å². The molecule has 1 aliphatic rings. The van der Waals surface area contributed by atoms with Gasteiger partial charge in [0.15, 0.2) is 10.9 Å². The molecule has 1 aromatic carbocycles. The van der Waals surface area contributed by atoms with Crippen molar-refractivity contribution in [2.75, 3.05) is 18.4 Å². The third-order valence-corrected chi connectivity index (χ3v) is 5.86. The number of carbonyl (C=O) groups is 2. The first-order chi connectivity index (χ1) is 12.5. The highest BCUT2D eigenvalue weighted by Crippen LogP contribution is 2.31. The molecule has 2 heterocycles. The highest BCUT2D eigenvalue weighted by atomic mass is 32.1. The zero-order valence-corrected chi connectivity index (χ0v) is 16.1. The average molecular weight is 372 g/mol. The van der Waals surface area contributed by atoms with E-state index in [1.165, 1.54) is 4.88 Å². The van der Waals surface area contributed by atoms with E-state index in [-0.39, 0.29) is 24.5 Å². The number of amides is 1. The van der Waals surface area contributed by atoms with E-state index in [4.69, 9.17) is 0 Å². The quantitative estimate of drug-likeness (QED) is 0.757. The summed E-state index contributed by atoms with van der Waals surface area (Å²) in [6.07, 6.45) is 4.48. The number of aryl methyl sites for hydroxylation is 2. The molecule has 26 heavy (non-hydrogen) atoms. The van der Waals surface area contributed by atoms with Gasteiger partial charge in [-0.15, -0.1) is 11.3 Å². The summed E-state index contributed by atoms with van der Waals surface area (Å²) < 4.78 is 0. The van der Waals surface area contributed by atoms with Gasteiger partial charge >= 0.3 is 0 Å². The minimum Gasteiger partial charge on any atom is -0.317 e. The van der Waals surface area contributed by atoms with Gasteiger partial charge in [0.25, 0.3) is 0 Å². The Labute approximate surface area is 158 Å². The van der Waals surface area contributed by atoms with Crippen LogP contribution in [0.2, 0.25) is 0 Å². The van der Waals surface area contributed by atoms with Gasteiger partial charge in [0, 0.05) is 29.5 Å². The monoisotopic (exact) mass is 371 g/mol. The Morgan fingerprint density at radius 1 is 1.23 bits per heavy atom. The number of carbonyl (C=O) groups excluding carboxylic acids is 2. The number of thiazole rings is 1. The molecule has 138 valence electrons. The molecule has 0 unspecified atom stereocenters. The first-order valence-electron chi connectivity index (χ1n) is 9.09. The smallest absolute Gasteiger partial charge is 0.226 e. The Morgan fingerprint density at radius 2 is 2.00 bits per heavy atom. The normalized spacial score (nSPS) is 15.0. The van der Waals surface area contributed by atoms with E-state index in [1.54, 1.807) is 11.3 Å². The van der Waals surface area contributed by atoms with Crippen LogP contribution in [0, 0.1) is 13.8 Å². The summed E-state index contributed by atoms with van der Waals surface area (Å²) in [5.41, 5.74) is 2.71. The summed E-state index contributed by atoms with van der Waals surface area (Å²) >= 11 is 1.55. The molecule has 5 nitrogen and oxygen atoms in total. The first-order valence-corrected chi connectivity index (χ1v) is 9.91. The molecule has 0 aliphatic carbocycles. The minimum atomic E-state index is -0.158. The number of aromatic nitrogens is 1. The van der Waals surface area contributed by atoms with Crippen LogP contribution in [0.15, 0.2) is 24.4 Å². The van der Waals surface area contributed by atoms with Crippen LogP contribution in [0.1, 0.15) is 58.0 Å². The molecule has 1 aromatic heterocycles. The number of rotatable bonds is 6. The van der Waals surface area contributed by atoms with E-state index in [0.717, 1.165) is 37.1 Å². The van der Waals surface area contributed by atoms with Crippen molar-refractivity contribution in [1.82, 2.24) is 10.3 Å². The number of nitrogens with zero attached hydrogens (tertiary/aromatic N) is 1. The summed E-state index contributed by atoms with van der Waals surface area (Å²) in [7, 11) is 0. The number of Topliss-reactive ketones (excluding diaryl/α,β-unsaturated/α-hetero) is 1. The number of hydrogen-bond acceptors (Lipinski definition) is 5. The lowest BCUT2D eigenvalue weighted by Crippen LogP contribution is -2.26. The second-order valence-electron chi connectivity index (χ2n) is 6.88. The zero-order chi connectivity index (χ0) is 18.5. The summed E-state index contributed by atoms with van der Waals surface area (Å²) in [6, 6.07) is 5.82. The summed E-state index contributed by atoms with van der Waals surface area (Å²) in [4.78, 5) is 30.1. The summed E-state index contributed by atoms with van der Waals surface area (Å²) in [5, 5.41) is 6.82. The molecule has 0 saturated carbocycles. The maximum Gasteiger partial charge on any atom is 0.226 e. The molecular weight excluding hydrogens is 346 g/mol. The van der Waals surface area contributed by atoms with E-state index in [2.05, 4.69) is 15.6 Å². The second kappa shape index (κ2) is 8.56. The Morgan fingerprint density at radius 3 is 2.77 bits per heavy atom. The second-order valence-corrected chi connectivity index (χ2v) is 7.94. The van der Waals surface area contributed by atoms with Crippen LogP contribution in [0.4, 0.5) is 5.13 Å². The number of nitrogens with one attached hydrogen (secondary N) is 2. The number of hydrogen-bond donors (Lipinski definition) is 2. The van der Waals surface area contributed by atoms with Crippen molar-refractivity contribution >= 4 is 28.2 Å². The van der Waals surface area contributed by atoms with Crippen LogP contribution in [0.5, 0.6) is 0 Å². The molecule has 1 amide bonds. The van der Waals surface area contributed by atoms with Crippen LogP contribution in [0.25, 0.3) is 0 Å². The largest absolute Gasteiger partial charge is 0.317 e. The topological polar surface area (TPSA) is 71.1 Å². The van der Waals surface area contributed by atoms with Crippen molar-refractivity contribution in [1.29, 1.82) is 0 Å². The lowest BCUT2D eigenvalue weighted by molar-refractivity contribution is -0.116. The van der Waals surface area contributed by atoms with Crippen LogP contribution in [-0.2, 0) is 4.79 Å². The summed E-state index contributed by atoms with van der Waals surface area (Å²) in [6.45, 7) is 5.95. The van der Waals surface area contributed by atoms with Crippen LogP contribution in [-0.4, -0.2) is 29.8 Å². The lowest BCUT2D eigenvalue weighted by atomic mass is 9.97. The maximum absolute atomic E-state index is 12.4. The zero-order valence-electron chi connectivity index (χ0n) is 15.3. The Kier molecular flexibility index (Phi) is 6.16. The molecule has 1 fully saturated rings. The van der Waals surface area contributed by atoms with Crippen molar-refractivity contribution in [3.05, 3.63) is 46.0 Å². The number of ketones is 1. The molecule has 0 radical (unpaired) electrons. The third kappa shape index (κ3) is 4.77. The lowest BCUT2D eigenvalue weighted by Gasteiger charge is -2.20. The van der Waals surface area contributed by atoms with Crippen molar-refractivity contribution in [2.45, 2.75) is 45.4 Å². The van der Waals surface area contributed by atoms with E-state index in [0.29, 0.717) is 16.6 Å². The van der Waals surface area contributed by atoms with E-state index in [9.17, 15) is 9.59 Å². The maximum atomic E-state index is 12.4. The predicted octanol–water partition coefficient (Wildman–Crippen LogP) is 3.83. The number of benzene rings is 1. The van der Waals surface area contributed by atoms with Crippen molar-refractivity contribution in [3.63, 3.8) is 0 Å². The molecule has 0 spiro atoms. The van der Waals surface area contributed by atoms with Crippen molar-refractivity contribution < 1.29 is 9.59 Å². The Hall–Kier alpha value is -2.05. The molecule has 0 atom stereocenters. The average Bonchev–Trinajstić information content (AvgIpc) is 3.11. The molecule has 6 heteroatoms. The fraction of sp³-hybridized carbons (Fsp3) is 0.450. The highest BCUT2D eigenvalue weighted by molar-refractivity contribution is 7.15. The summed E-state index contributed by atoms with van der Waals surface area (Å²) in [5.74, 6) is 0.385. The van der Waals surface area contributed by atoms with E-state index in [1.807, 2.05) is 38.2 Å². The molecule has 3 rings (SSSR count). The molecule has 0 bridgehead atoms. The van der Waals surface area contributed by atoms with Gasteiger partial charge in [-0.25, -0.2) is 4.98 Å². The van der Waals surface area contributed by atoms with Gasteiger partial charge in [0.1, 0.15) is 0 Å². The number of piperidine rings is 1.